The van der Waals surface area contributed by atoms with Crippen LogP contribution in [-0.2, 0) is 11.3 Å². The van der Waals surface area contributed by atoms with Gasteiger partial charge in [-0.3, -0.25) is 9.69 Å². The molecular formula is C21H25BrN2O2. The molecule has 3 rings (SSSR count). The molecule has 1 aliphatic rings. The third-order valence-corrected chi connectivity index (χ3v) is 5.20. The topological polar surface area (TPSA) is 32.8 Å². The second kappa shape index (κ2) is 8.69. The fraction of sp³-hybridized carbons (Fsp3) is 0.381. The van der Waals surface area contributed by atoms with Crippen LogP contribution in [0, 0.1) is 13.8 Å². The summed E-state index contributed by atoms with van der Waals surface area (Å²) in [6.07, 6.45) is 0. The molecule has 0 N–H and O–H groups in total. The minimum absolute atomic E-state index is 0.0612. The van der Waals surface area contributed by atoms with E-state index >= 15 is 0 Å². The van der Waals surface area contributed by atoms with E-state index in [0.29, 0.717) is 0 Å². The number of hydrogen-bond acceptors (Lipinski definition) is 3. The quantitative estimate of drug-likeness (QED) is 0.742. The molecule has 0 radical (unpaired) electrons. The smallest absolute Gasteiger partial charge is 0.260 e. The maximum Gasteiger partial charge on any atom is 0.260 e. The van der Waals surface area contributed by atoms with E-state index in [0.717, 1.165) is 54.1 Å². The second-order valence-corrected chi connectivity index (χ2v) is 7.72. The maximum absolute atomic E-state index is 12.5. The van der Waals surface area contributed by atoms with Crippen molar-refractivity contribution in [3.05, 3.63) is 63.6 Å². The van der Waals surface area contributed by atoms with Gasteiger partial charge in [-0.1, -0.05) is 46.3 Å². The molecule has 0 bridgehead atoms. The van der Waals surface area contributed by atoms with E-state index in [4.69, 9.17) is 4.74 Å². The zero-order valence-electron chi connectivity index (χ0n) is 15.4. The first-order chi connectivity index (χ1) is 12.5. The number of benzene rings is 2. The van der Waals surface area contributed by atoms with Gasteiger partial charge in [-0.15, -0.1) is 0 Å². The summed E-state index contributed by atoms with van der Waals surface area (Å²) in [5, 5.41) is 0. The normalized spacial score (nSPS) is 15.1. The van der Waals surface area contributed by atoms with Crippen molar-refractivity contribution in [1.29, 1.82) is 0 Å². The number of aryl methyl sites for hydroxylation is 2. The molecule has 5 heteroatoms. The van der Waals surface area contributed by atoms with Gasteiger partial charge in [0.05, 0.1) is 0 Å². The van der Waals surface area contributed by atoms with Crippen LogP contribution in [0.25, 0.3) is 0 Å². The van der Waals surface area contributed by atoms with Gasteiger partial charge >= 0.3 is 0 Å². The van der Waals surface area contributed by atoms with Crippen molar-refractivity contribution in [3.8, 4) is 5.75 Å². The van der Waals surface area contributed by atoms with Gasteiger partial charge < -0.3 is 9.64 Å². The highest BCUT2D eigenvalue weighted by atomic mass is 79.9. The Morgan fingerprint density at radius 2 is 1.65 bits per heavy atom. The van der Waals surface area contributed by atoms with Gasteiger partial charge in [-0.2, -0.15) is 0 Å². The van der Waals surface area contributed by atoms with E-state index in [1.165, 1.54) is 5.56 Å². The van der Waals surface area contributed by atoms with E-state index < -0.39 is 0 Å². The van der Waals surface area contributed by atoms with Gasteiger partial charge in [-0.25, -0.2) is 0 Å². The average Bonchev–Trinajstić information content (AvgIpc) is 2.62. The SMILES string of the molecule is Cc1cc(Br)cc(C)c1OCC(=O)N1CCN(Cc2ccccc2)CC1. The van der Waals surface area contributed by atoms with Crippen LogP contribution in [0.1, 0.15) is 16.7 Å². The maximum atomic E-state index is 12.5. The molecule has 1 fully saturated rings. The largest absolute Gasteiger partial charge is 0.483 e. The van der Waals surface area contributed by atoms with Gasteiger partial charge in [0, 0.05) is 37.2 Å². The Hall–Kier alpha value is -1.85. The molecule has 0 unspecified atom stereocenters. The van der Waals surface area contributed by atoms with Crippen molar-refractivity contribution in [2.75, 3.05) is 32.8 Å². The van der Waals surface area contributed by atoms with Crippen molar-refractivity contribution in [2.45, 2.75) is 20.4 Å². The molecule has 0 aliphatic carbocycles. The monoisotopic (exact) mass is 416 g/mol. The van der Waals surface area contributed by atoms with Crippen LogP contribution < -0.4 is 4.74 Å². The Kier molecular flexibility index (Phi) is 6.33. The predicted molar refractivity (Wildman–Crippen MR) is 107 cm³/mol. The Morgan fingerprint density at radius 1 is 1.04 bits per heavy atom. The summed E-state index contributed by atoms with van der Waals surface area (Å²) >= 11 is 3.48. The fourth-order valence-electron chi connectivity index (χ4n) is 3.35. The van der Waals surface area contributed by atoms with Crippen molar-refractivity contribution in [3.63, 3.8) is 0 Å². The minimum Gasteiger partial charge on any atom is -0.483 e. The van der Waals surface area contributed by atoms with Gasteiger partial charge in [0.1, 0.15) is 5.75 Å². The Bertz CT molecular complexity index is 733. The number of halogens is 1. The lowest BCUT2D eigenvalue weighted by Gasteiger charge is -2.34. The molecule has 2 aromatic carbocycles. The highest BCUT2D eigenvalue weighted by Crippen LogP contribution is 2.27. The lowest BCUT2D eigenvalue weighted by molar-refractivity contribution is -0.135. The minimum atomic E-state index is 0.0612. The Balaban J connectivity index is 1.48. The summed E-state index contributed by atoms with van der Waals surface area (Å²) in [7, 11) is 0. The first-order valence-corrected chi connectivity index (χ1v) is 9.76. The summed E-state index contributed by atoms with van der Waals surface area (Å²) in [4.78, 5) is 16.8. The summed E-state index contributed by atoms with van der Waals surface area (Å²) in [5.41, 5.74) is 3.39. The number of ether oxygens (including phenoxy) is 1. The molecule has 0 atom stereocenters. The number of carbonyl (C=O) groups is 1. The number of nitrogens with zero attached hydrogens (tertiary/aromatic N) is 2. The summed E-state index contributed by atoms with van der Waals surface area (Å²) in [5.74, 6) is 0.871. The van der Waals surface area contributed by atoms with Crippen LogP contribution >= 0.6 is 15.9 Å². The molecule has 26 heavy (non-hydrogen) atoms. The summed E-state index contributed by atoms with van der Waals surface area (Å²) in [6.45, 7) is 8.35. The van der Waals surface area contributed by atoms with Crippen LogP contribution in [0.3, 0.4) is 0 Å². The predicted octanol–water partition coefficient (Wildman–Crippen LogP) is 3.79. The molecular weight excluding hydrogens is 392 g/mol. The second-order valence-electron chi connectivity index (χ2n) is 6.80. The lowest BCUT2D eigenvalue weighted by atomic mass is 10.1. The summed E-state index contributed by atoms with van der Waals surface area (Å²) < 4.78 is 6.86. The Labute approximate surface area is 163 Å². The van der Waals surface area contributed by atoms with E-state index in [-0.39, 0.29) is 12.5 Å². The molecule has 0 spiro atoms. The third kappa shape index (κ3) is 4.86. The van der Waals surface area contributed by atoms with E-state index in [1.54, 1.807) is 0 Å². The standard InChI is InChI=1S/C21H25BrN2O2/c1-16-12-19(22)13-17(2)21(16)26-15-20(25)24-10-8-23(9-11-24)14-18-6-4-3-5-7-18/h3-7,12-13H,8-11,14-15H2,1-2H3. The molecule has 1 amide bonds. The first-order valence-electron chi connectivity index (χ1n) is 8.96. The van der Waals surface area contributed by atoms with Crippen LogP contribution in [-0.4, -0.2) is 48.5 Å². The van der Waals surface area contributed by atoms with Crippen LogP contribution in [0.5, 0.6) is 5.75 Å². The molecule has 0 aromatic heterocycles. The lowest BCUT2D eigenvalue weighted by Crippen LogP contribution is -2.49. The van der Waals surface area contributed by atoms with Crippen LogP contribution in [0.4, 0.5) is 0 Å². The molecule has 1 saturated heterocycles. The van der Waals surface area contributed by atoms with Gasteiger partial charge in [0.2, 0.25) is 0 Å². The van der Waals surface area contributed by atoms with E-state index in [2.05, 4.69) is 45.1 Å². The number of hydrogen-bond donors (Lipinski definition) is 0. The highest BCUT2D eigenvalue weighted by Gasteiger charge is 2.21. The third-order valence-electron chi connectivity index (χ3n) is 4.74. The number of piperazine rings is 1. The zero-order chi connectivity index (χ0) is 18.5. The fourth-order valence-corrected chi connectivity index (χ4v) is 4.03. The Morgan fingerprint density at radius 3 is 2.27 bits per heavy atom. The number of amides is 1. The highest BCUT2D eigenvalue weighted by molar-refractivity contribution is 9.10. The van der Waals surface area contributed by atoms with Gasteiger partial charge in [0.15, 0.2) is 6.61 Å². The number of carbonyl (C=O) groups excluding carboxylic acids is 1. The van der Waals surface area contributed by atoms with Crippen LogP contribution in [0.2, 0.25) is 0 Å². The molecule has 2 aromatic rings. The van der Waals surface area contributed by atoms with Gasteiger partial charge in [-0.05, 0) is 42.7 Å². The summed E-state index contributed by atoms with van der Waals surface area (Å²) in [6, 6.07) is 14.5. The van der Waals surface area contributed by atoms with Crippen molar-refractivity contribution < 1.29 is 9.53 Å². The van der Waals surface area contributed by atoms with Crippen molar-refractivity contribution in [1.82, 2.24) is 9.80 Å². The van der Waals surface area contributed by atoms with Gasteiger partial charge in [0.25, 0.3) is 5.91 Å². The molecule has 138 valence electrons. The molecule has 1 heterocycles. The molecule has 4 nitrogen and oxygen atoms in total. The number of rotatable bonds is 5. The average molecular weight is 417 g/mol. The van der Waals surface area contributed by atoms with Crippen molar-refractivity contribution in [2.24, 2.45) is 0 Å². The zero-order valence-corrected chi connectivity index (χ0v) is 17.0. The molecule has 0 saturated carbocycles. The first kappa shape index (κ1) is 18.9. The van der Waals surface area contributed by atoms with E-state index in [1.807, 2.05) is 36.9 Å². The van der Waals surface area contributed by atoms with Crippen molar-refractivity contribution >= 4 is 21.8 Å². The van der Waals surface area contributed by atoms with E-state index in [9.17, 15) is 4.79 Å². The molecule has 1 aliphatic heterocycles. The van der Waals surface area contributed by atoms with Crippen LogP contribution in [0.15, 0.2) is 46.9 Å².